The Morgan fingerprint density at radius 2 is 1.63 bits per heavy atom. The van der Waals surface area contributed by atoms with Crippen molar-refractivity contribution in [1.29, 1.82) is 0 Å². The van der Waals surface area contributed by atoms with Gasteiger partial charge in [0, 0.05) is 30.7 Å². The molecule has 8 nitrogen and oxygen atoms in total. The molecule has 1 aliphatic carbocycles. The molecule has 0 radical (unpaired) electrons. The first-order valence-electron chi connectivity index (χ1n) is 14.4. The number of allylic oxidation sites excluding steroid dienone is 1. The smallest absolute Gasteiger partial charge is 0.336 e. The molecule has 0 spiro atoms. The number of rotatable bonds is 9. The van der Waals surface area contributed by atoms with Crippen LogP contribution in [0.5, 0.6) is 17.2 Å². The van der Waals surface area contributed by atoms with Crippen molar-refractivity contribution in [2.24, 2.45) is 10.9 Å². The summed E-state index contributed by atoms with van der Waals surface area (Å²) in [6.07, 6.45) is 0.883. The fourth-order valence-electron chi connectivity index (χ4n) is 5.94. The molecule has 2 aliphatic rings. The van der Waals surface area contributed by atoms with E-state index < -0.39 is 23.8 Å². The molecular formula is C35H35NO7. The predicted octanol–water partition coefficient (Wildman–Crippen LogP) is 6.34. The van der Waals surface area contributed by atoms with Crippen LogP contribution in [0.2, 0.25) is 0 Å². The number of carbonyl (C=O) groups excluding carboxylic acids is 3. The van der Waals surface area contributed by atoms with E-state index in [4.69, 9.17) is 23.9 Å². The molecule has 0 saturated heterocycles. The van der Waals surface area contributed by atoms with Crippen molar-refractivity contribution in [2.75, 3.05) is 13.7 Å². The first-order chi connectivity index (χ1) is 20.8. The van der Waals surface area contributed by atoms with Gasteiger partial charge in [-0.15, -0.1) is 0 Å². The van der Waals surface area contributed by atoms with Gasteiger partial charge in [-0.25, -0.2) is 4.79 Å². The van der Waals surface area contributed by atoms with Gasteiger partial charge < -0.3 is 18.9 Å². The summed E-state index contributed by atoms with van der Waals surface area (Å²) >= 11 is 0. The molecule has 1 heterocycles. The molecule has 1 aliphatic heterocycles. The number of ether oxygens (including phenoxy) is 4. The van der Waals surface area contributed by atoms with Crippen LogP contribution in [0.15, 0.2) is 89.1 Å². The van der Waals surface area contributed by atoms with Gasteiger partial charge in [-0.2, -0.15) is 0 Å². The van der Waals surface area contributed by atoms with Crippen molar-refractivity contribution in [3.63, 3.8) is 0 Å². The minimum Gasteiger partial charge on any atom is -0.497 e. The van der Waals surface area contributed by atoms with Gasteiger partial charge in [0.15, 0.2) is 11.5 Å². The first kappa shape index (κ1) is 29.8. The maximum Gasteiger partial charge on any atom is 0.336 e. The molecule has 3 aromatic rings. The highest BCUT2D eigenvalue weighted by atomic mass is 16.6. The van der Waals surface area contributed by atoms with E-state index >= 15 is 0 Å². The molecule has 3 aromatic carbocycles. The molecule has 0 bridgehead atoms. The number of Topliss-reactive ketones (excluding diaryl/α,β-unsaturated/α-hetero) is 1. The number of methoxy groups -OCH3 is 1. The number of carbonyl (C=O) groups is 3. The molecule has 8 heteroatoms. The molecule has 3 atom stereocenters. The number of esters is 2. The molecule has 5 rings (SSSR count). The lowest BCUT2D eigenvalue weighted by atomic mass is 9.66. The highest BCUT2D eigenvalue weighted by molar-refractivity contribution is 6.12. The van der Waals surface area contributed by atoms with Crippen molar-refractivity contribution >= 4 is 23.4 Å². The third-order valence-electron chi connectivity index (χ3n) is 7.85. The number of fused-ring (bicyclic) bond motifs is 1. The Hall–Kier alpha value is -4.72. The average Bonchev–Trinajstić information content (AvgIpc) is 3.00. The Morgan fingerprint density at radius 1 is 0.907 bits per heavy atom. The highest BCUT2D eigenvalue weighted by Crippen LogP contribution is 2.47. The molecule has 1 unspecified atom stereocenters. The average molecular weight is 582 g/mol. The summed E-state index contributed by atoms with van der Waals surface area (Å²) in [6.45, 7) is 5.36. The fourth-order valence-corrected chi connectivity index (χ4v) is 5.94. The van der Waals surface area contributed by atoms with Crippen LogP contribution in [-0.2, 0) is 25.7 Å². The monoisotopic (exact) mass is 581 g/mol. The second-order valence-electron chi connectivity index (χ2n) is 10.7. The third kappa shape index (κ3) is 6.53. The molecule has 0 aromatic heterocycles. The minimum atomic E-state index is -0.648. The van der Waals surface area contributed by atoms with Gasteiger partial charge in [0.05, 0.1) is 25.2 Å². The van der Waals surface area contributed by atoms with Gasteiger partial charge in [-0.3, -0.25) is 14.6 Å². The zero-order valence-corrected chi connectivity index (χ0v) is 24.8. The van der Waals surface area contributed by atoms with Gasteiger partial charge in [-0.1, -0.05) is 48.5 Å². The van der Waals surface area contributed by atoms with E-state index in [-0.39, 0.29) is 24.1 Å². The normalized spacial score (nSPS) is 19.7. The van der Waals surface area contributed by atoms with E-state index in [2.05, 4.69) is 0 Å². The Balaban J connectivity index is 1.55. The van der Waals surface area contributed by atoms with Crippen molar-refractivity contribution in [2.45, 2.75) is 52.1 Å². The Morgan fingerprint density at radius 3 is 2.30 bits per heavy atom. The van der Waals surface area contributed by atoms with Crippen LogP contribution in [0.3, 0.4) is 0 Å². The minimum absolute atomic E-state index is 0.00120. The Kier molecular flexibility index (Phi) is 9.04. The quantitative estimate of drug-likeness (QED) is 0.215. The Bertz CT molecular complexity index is 1570. The lowest BCUT2D eigenvalue weighted by molar-refractivity contribution is -0.141. The van der Waals surface area contributed by atoms with E-state index in [1.165, 1.54) is 6.92 Å². The van der Waals surface area contributed by atoms with Gasteiger partial charge in [-0.05, 0) is 67.1 Å². The van der Waals surface area contributed by atoms with Crippen LogP contribution in [-0.4, -0.2) is 37.2 Å². The second-order valence-corrected chi connectivity index (χ2v) is 10.7. The predicted molar refractivity (Wildman–Crippen MR) is 161 cm³/mol. The standard InChI is InChI=1S/C35H35NO7/c1-5-41-31-19-25(13-16-30(31)43-22(3)37)33-32(35(39)42-20-23-9-7-6-8-10-23)21(2)36-28-17-26(18-29(38)34(28)33)24-11-14-27(40-4)15-12-24/h6-16,19,26,33-34H,5,17-18,20H2,1-4H3/t26-,33-,34?/m0/s1. The van der Waals surface area contributed by atoms with E-state index in [1.807, 2.05) is 61.5 Å². The zero-order chi connectivity index (χ0) is 30.5. The van der Waals surface area contributed by atoms with Crippen molar-refractivity contribution in [1.82, 2.24) is 0 Å². The number of hydrogen-bond donors (Lipinski definition) is 0. The fraction of sp³-hybridized carbons (Fsp3) is 0.314. The lowest BCUT2D eigenvalue weighted by Gasteiger charge is -2.38. The largest absolute Gasteiger partial charge is 0.497 e. The van der Waals surface area contributed by atoms with Gasteiger partial charge in [0.1, 0.15) is 18.1 Å². The van der Waals surface area contributed by atoms with Crippen molar-refractivity contribution < 1.29 is 33.3 Å². The first-order valence-corrected chi connectivity index (χ1v) is 14.4. The Labute approximate surface area is 251 Å². The maximum absolute atomic E-state index is 14.0. The zero-order valence-electron chi connectivity index (χ0n) is 24.8. The van der Waals surface area contributed by atoms with Crippen molar-refractivity contribution in [3.8, 4) is 17.2 Å². The molecule has 1 saturated carbocycles. The summed E-state index contributed by atoms with van der Waals surface area (Å²) in [5.41, 5.74) is 4.15. The van der Waals surface area contributed by atoms with Gasteiger partial charge in [0.2, 0.25) is 0 Å². The van der Waals surface area contributed by atoms with E-state index in [9.17, 15) is 14.4 Å². The summed E-state index contributed by atoms with van der Waals surface area (Å²) in [5, 5.41) is 0. The molecule has 0 N–H and O–H groups in total. The molecular weight excluding hydrogens is 546 g/mol. The number of benzene rings is 3. The lowest BCUT2D eigenvalue weighted by Crippen LogP contribution is -2.41. The summed E-state index contributed by atoms with van der Waals surface area (Å²) in [4.78, 5) is 44.4. The molecule has 1 fully saturated rings. The van der Waals surface area contributed by atoms with Gasteiger partial charge >= 0.3 is 11.9 Å². The van der Waals surface area contributed by atoms with E-state index in [0.717, 1.165) is 22.6 Å². The number of aliphatic imine (C=N–C) groups is 1. The van der Waals surface area contributed by atoms with Crippen molar-refractivity contribution in [3.05, 3.63) is 101 Å². The third-order valence-corrected chi connectivity index (χ3v) is 7.85. The van der Waals surface area contributed by atoms with Crippen LogP contribution in [0, 0.1) is 5.92 Å². The topological polar surface area (TPSA) is 100 Å². The summed E-state index contributed by atoms with van der Waals surface area (Å²) < 4.78 is 22.3. The summed E-state index contributed by atoms with van der Waals surface area (Å²) in [6, 6.07) is 22.3. The SMILES string of the molecule is CCOc1cc([C@H]2C(C(=O)OCc3ccccc3)=C(C)N=C3C[C@H](c4ccc(OC)cc4)CC(=O)C32)ccc1OC(C)=O. The highest BCUT2D eigenvalue weighted by Gasteiger charge is 2.46. The van der Waals surface area contributed by atoms with Crippen LogP contribution < -0.4 is 14.2 Å². The number of hydrogen-bond acceptors (Lipinski definition) is 8. The van der Waals surface area contributed by atoms with Crippen LogP contribution >= 0.6 is 0 Å². The molecule has 222 valence electrons. The summed E-state index contributed by atoms with van der Waals surface area (Å²) in [5.74, 6) is -0.970. The van der Waals surface area contributed by atoms with Crippen LogP contribution in [0.25, 0.3) is 0 Å². The second kappa shape index (κ2) is 13.1. The maximum atomic E-state index is 14.0. The number of ketones is 1. The van der Waals surface area contributed by atoms with Crippen LogP contribution in [0.1, 0.15) is 62.1 Å². The van der Waals surface area contributed by atoms with E-state index in [1.54, 1.807) is 32.2 Å². The molecule has 43 heavy (non-hydrogen) atoms. The van der Waals surface area contributed by atoms with Gasteiger partial charge in [0.25, 0.3) is 0 Å². The summed E-state index contributed by atoms with van der Waals surface area (Å²) in [7, 11) is 1.62. The molecule has 0 amide bonds. The number of nitrogens with zero attached hydrogens (tertiary/aromatic N) is 1. The van der Waals surface area contributed by atoms with E-state index in [0.29, 0.717) is 42.0 Å². The van der Waals surface area contributed by atoms with Crippen LogP contribution in [0.4, 0.5) is 0 Å².